The van der Waals surface area contributed by atoms with E-state index >= 15 is 0 Å². The molecule has 0 fully saturated rings. The van der Waals surface area contributed by atoms with Crippen LogP contribution in [0.25, 0.3) is 0 Å². The summed E-state index contributed by atoms with van der Waals surface area (Å²) in [5.74, 6) is 0.652. The number of hydrogen-bond donors (Lipinski definition) is 1. The van der Waals surface area contributed by atoms with Crippen LogP contribution in [0.1, 0.15) is 52.4 Å². The quantitative estimate of drug-likeness (QED) is 0.225. The highest BCUT2D eigenvalue weighted by molar-refractivity contribution is 5.91. The molecule has 0 heterocycles. The van der Waals surface area contributed by atoms with E-state index in [0.29, 0.717) is 23.0 Å². The van der Waals surface area contributed by atoms with Gasteiger partial charge >= 0.3 is 5.97 Å². The molecule has 170 valence electrons. The van der Waals surface area contributed by atoms with Gasteiger partial charge in [-0.15, -0.1) is 0 Å². The molecule has 6 nitrogen and oxygen atoms in total. The molecule has 0 unspecified atom stereocenters. The third-order valence-electron chi connectivity index (χ3n) is 4.93. The second-order valence-corrected chi connectivity index (χ2v) is 8.10. The number of esters is 1. The topological polar surface area (TPSA) is 77.0 Å². The van der Waals surface area contributed by atoms with Crippen molar-refractivity contribution in [1.29, 1.82) is 0 Å². The lowest BCUT2D eigenvalue weighted by atomic mass is 10.0. The normalized spacial score (nSPS) is 10.9. The first-order chi connectivity index (χ1) is 15.8. The number of nitrogens with one attached hydrogen (secondary N) is 1. The van der Waals surface area contributed by atoms with Crippen LogP contribution in [-0.2, 0) is 4.79 Å². The van der Waals surface area contributed by atoms with E-state index in [1.54, 1.807) is 36.4 Å². The van der Waals surface area contributed by atoms with E-state index in [4.69, 9.17) is 9.47 Å². The number of hydrogen-bond acceptors (Lipinski definition) is 5. The lowest BCUT2D eigenvalue weighted by molar-refractivity contribution is -0.123. The molecule has 3 aromatic rings. The number of carbonyl (C=O) groups is 2. The summed E-state index contributed by atoms with van der Waals surface area (Å²) >= 11 is 0. The van der Waals surface area contributed by atoms with Crippen LogP contribution < -0.4 is 14.9 Å². The first kappa shape index (κ1) is 23.7. The molecule has 3 rings (SSSR count). The second kappa shape index (κ2) is 11.1. The van der Waals surface area contributed by atoms with E-state index < -0.39 is 5.97 Å². The Bertz CT molecular complexity index is 1130. The van der Waals surface area contributed by atoms with Gasteiger partial charge in [0.25, 0.3) is 5.91 Å². The maximum atomic E-state index is 12.2. The molecule has 0 bridgehead atoms. The average molecular weight is 445 g/mol. The van der Waals surface area contributed by atoms with Gasteiger partial charge in [-0.3, -0.25) is 4.79 Å². The van der Waals surface area contributed by atoms with Gasteiger partial charge in [0.15, 0.2) is 6.61 Å². The third-order valence-corrected chi connectivity index (χ3v) is 4.93. The molecule has 1 N–H and O–H groups in total. The van der Waals surface area contributed by atoms with E-state index in [1.807, 2.05) is 44.2 Å². The summed E-state index contributed by atoms with van der Waals surface area (Å²) in [6.45, 7) is 7.97. The number of ether oxygens (including phenoxy) is 2. The van der Waals surface area contributed by atoms with Crippen LogP contribution in [0.3, 0.4) is 0 Å². The van der Waals surface area contributed by atoms with E-state index in [0.717, 1.165) is 22.3 Å². The lowest BCUT2D eigenvalue weighted by Gasteiger charge is -2.14. The van der Waals surface area contributed by atoms with Crippen molar-refractivity contribution >= 4 is 18.1 Å². The summed E-state index contributed by atoms with van der Waals surface area (Å²) in [7, 11) is 0. The van der Waals surface area contributed by atoms with Gasteiger partial charge in [0.05, 0.1) is 11.8 Å². The molecule has 0 aliphatic heterocycles. The zero-order valence-corrected chi connectivity index (χ0v) is 19.3. The standard InChI is InChI=1S/C27H28N2O4/c1-18(2)24-14-7-20(4)15-25(24)32-17-26(30)29-28-16-21-8-12-23(13-9-21)33-27(31)22-10-5-19(3)6-11-22/h5-16,18H,17H2,1-4H3,(H,29,30)/b28-16+. The van der Waals surface area contributed by atoms with Crippen molar-refractivity contribution in [3.8, 4) is 11.5 Å². The van der Waals surface area contributed by atoms with Gasteiger partial charge in [0, 0.05) is 0 Å². The maximum absolute atomic E-state index is 12.2. The Labute approximate surface area is 194 Å². The fraction of sp³-hybridized carbons (Fsp3) is 0.222. The van der Waals surface area contributed by atoms with Crippen LogP contribution in [0.15, 0.2) is 71.8 Å². The van der Waals surface area contributed by atoms with Crippen molar-refractivity contribution in [2.24, 2.45) is 5.10 Å². The highest BCUT2D eigenvalue weighted by atomic mass is 16.5. The minimum absolute atomic E-state index is 0.131. The van der Waals surface area contributed by atoms with Gasteiger partial charge in [0.1, 0.15) is 11.5 Å². The minimum Gasteiger partial charge on any atom is -0.483 e. The fourth-order valence-electron chi connectivity index (χ4n) is 3.08. The van der Waals surface area contributed by atoms with E-state index in [1.165, 1.54) is 6.21 Å². The predicted molar refractivity (Wildman–Crippen MR) is 129 cm³/mol. The molecule has 0 atom stereocenters. The van der Waals surface area contributed by atoms with E-state index in [9.17, 15) is 9.59 Å². The summed E-state index contributed by atoms with van der Waals surface area (Å²) < 4.78 is 11.1. The van der Waals surface area contributed by atoms with Crippen molar-refractivity contribution in [2.45, 2.75) is 33.6 Å². The number of hydrazone groups is 1. The Hall–Kier alpha value is -3.93. The minimum atomic E-state index is -0.419. The zero-order valence-electron chi connectivity index (χ0n) is 19.3. The van der Waals surface area contributed by atoms with Gasteiger partial charge in [-0.05, 0) is 78.9 Å². The molecule has 0 aromatic heterocycles. The molecule has 0 spiro atoms. The SMILES string of the molecule is Cc1ccc(C(=O)Oc2ccc(/C=N/NC(=O)COc3cc(C)ccc3C(C)C)cc2)cc1. The van der Waals surface area contributed by atoms with Crippen LogP contribution in [0.2, 0.25) is 0 Å². The Morgan fingerprint density at radius 1 is 0.939 bits per heavy atom. The van der Waals surface area contributed by atoms with Crippen LogP contribution in [-0.4, -0.2) is 24.7 Å². The van der Waals surface area contributed by atoms with Gasteiger partial charge in [-0.2, -0.15) is 5.10 Å². The number of carbonyl (C=O) groups excluding carboxylic acids is 2. The summed E-state index contributed by atoms with van der Waals surface area (Å²) in [5, 5.41) is 3.96. The Kier molecular flexibility index (Phi) is 7.97. The van der Waals surface area contributed by atoms with Gasteiger partial charge in [-0.1, -0.05) is 43.7 Å². The number of benzene rings is 3. The van der Waals surface area contributed by atoms with Gasteiger partial charge in [0.2, 0.25) is 0 Å². The van der Waals surface area contributed by atoms with Crippen molar-refractivity contribution < 1.29 is 19.1 Å². The summed E-state index contributed by atoms with van der Waals surface area (Å²) in [6.07, 6.45) is 1.51. The largest absolute Gasteiger partial charge is 0.483 e. The second-order valence-electron chi connectivity index (χ2n) is 8.10. The number of aryl methyl sites for hydroxylation is 2. The summed E-state index contributed by atoms with van der Waals surface area (Å²) in [4.78, 5) is 24.3. The third kappa shape index (κ3) is 7.04. The van der Waals surface area contributed by atoms with Gasteiger partial charge in [-0.25, -0.2) is 10.2 Å². The molecule has 6 heteroatoms. The van der Waals surface area contributed by atoms with Crippen LogP contribution >= 0.6 is 0 Å². The molecular formula is C27H28N2O4. The first-order valence-corrected chi connectivity index (χ1v) is 10.8. The monoisotopic (exact) mass is 444 g/mol. The van der Waals surface area contributed by atoms with Crippen LogP contribution in [0.5, 0.6) is 11.5 Å². The molecule has 0 aliphatic rings. The van der Waals surface area contributed by atoms with E-state index in [2.05, 4.69) is 24.4 Å². The fourth-order valence-corrected chi connectivity index (χ4v) is 3.08. The number of amides is 1. The van der Waals surface area contributed by atoms with Crippen molar-refractivity contribution in [1.82, 2.24) is 5.43 Å². The Morgan fingerprint density at radius 2 is 1.61 bits per heavy atom. The molecule has 1 amide bonds. The molecule has 3 aromatic carbocycles. The van der Waals surface area contributed by atoms with E-state index in [-0.39, 0.29) is 12.5 Å². The molecule has 0 saturated heterocycles. The summed E-state index contributed by atoms with van der Waals surface area (Å²) in [5.41, 5.74) is 6.89. The van der Waals surface area contributed by atoms with Crippen molar-refractivity contribution in [3.05, 3.63) is 94.5 Å². The van der Waals surface area contributed by atoms with Gasteiger partial charge < -0.3 is 9.47 Å². The number of rotatable bonds is 8. The zero-order chi connectivity index (χ0) is 23.8. The smallest absolute Gasteiger partial charge is 0.343 e. The van der Waals surface area contributed by atoms with Crippen molar-refractivity contribution in [3.63, 3.8) is 0 Å². The Morgan fingerprint density at radius 3 is 2.27 bits per heavy atom. The highest BCUT2D eigenvalue weighted by Crippen LogP contribution is 2.27. The highest BCUT2D eigenvalue weighted by Gasteiger charge is 2.10. The lowest BCUT2D eigenvalue weighted by Crippen LogP contribution is -2.25. The predicted octanol–water partition coefficient (Wildman–Crippen LogP) is 5.18. The first-order valence-electron chi connectivity index (χ1n) is 10.8. The molecule has 0 saturated carbocycles. The number of nitrogens with zero attached hydrogens (tertiary/aromatic N) is 1. The van der Waals surface area contributed by atoms with Crippen LogP contribution in [0, 0.1) is 13.8 Å². The molecule has 0 radical (unpaired) electrons. The molecular weight excluding hydrogens is 416 g/mol. The molecule has 33 heavy (non-hydrogen) atoms. The average Bonchev–Trinajstić information content (AvgIpc) is 2.79. The van der Waals surface area contributed by atoms with Crippen molar-refractivity contribution in [2.75, 3.05) is 6.61 Å². The van der Waals surface area contributed by atoms with Crippen LogP contribution in [0.4, 0.5) is 0 Å². The molecule has 0 aliphatic carbocycles. The summed E-state index contributed by atoms with van der Waals surface area (Å²) in [6, 6.07) is 20.0. The Balaban J connectivity index is 1.49. The maximum Gasteiger partial charge on any atom is 0.343 e.